The van der Waals surface area contributed by atoms with Gasteiger partial charge < -0.3 is 10.5 Å². The van der Waals surface area contributed by atoms with Crippen molar-refractivity contribution in [3.05, 3.63) is 0 Å². The lowest BCUT2D eigenvalue weighted by atomic mass is 9.74. The van der Waals surface area contributed by atoms with Crippen molar-refractivity contribution in [2.75, 3.05) is 13.2 Å². The maximum absolute atomic E-state index is 6.39. The van der Waals surface area contributed by atoms with Crippen LogP contribution in [0.25, 0.3) is 0 Å². The Morgan fingerprint density at radius 3 is 2.44 bits per heavy atom. The van der Waals surface area contributed by atoms with Gasteiger partial charge in [-0.15, -0.1) is 0 Å². The largest absolute Gasteiger partial charge is 0.381 e. The Labute approximate surface area is 99.9 Å². The third-order valence-corrected chi connectivity index (χ3v) is 4.64. The summed E-state index contributed by atoms with van der Waals surface area (Å²) in [6.07, 6.45) is 9.52. The van der Waals surface area contributed by atoms with Crippen molar-refractivity contribution in [1.29, 1.82) is 0 Å². The van der Waals surface area contributed by atoms with Gasteiger partial charge in [0.05, 0.1) is 6.61 Å². The van der Waals surface area contributed by atoms with Crippen molar-refractivity contribution in [3.8, 4) is 0 Å². The van der Waals surface area contributed by atoms with Gasteiger partial charge >= 0.3 is 0 Å². The summed E-state index contributed by atoms with van der Waals surface area (Å²) < 4.78 is 5.45. The Balaban J connectivity index is 1.74. The highest BCUT2D eigenvalue weighted by atomic mass is 16.5. The summed E-state index contributed by atoms with van der Waals surface area (Å²) in [5, 5.41) is 0. The van der Waals surface area contributed by atoms with Gasteiger partial charge in [-0.3, -0.25) is 0 Å². The minimum absolute atomic E-state index is 0.407. The molecule has 1 saturated heterocycles. The smallest absolute Gasteiger partial charge is 0.0510 e. The topological polar surface area (TPSA) is 35.2 Å². The molecule has 0 spiro atoms. The van der Waals surface area contributed by atoms with E-state index in [1.807, 2.05) is 0 Å². The Hall–Kier alpha value is -0.0800. The van der Waals surface area contributed by atoms with E-state index < -0.39 is 0 Å². The zero-order chi connectivity index (χ0) is 11.4. The molecule has 1 heterocycles. The molecule has 2 atom stereocenters. The molecule has 2 rings (SSSR count). The fourth-order valence-corrected chi connectivity index (χ4v) is 3.51. The first kappa shape index (κ1) is 12.4. The van der Waals surface area contributed by atoms with Crippen molar-refractivity contribution in [2.24, 2.45) is 23.5 Å². The van der Waals surface area contributed by atoms with Crippen LogP contribution >= 0.6 is 0 Å². The van der Waals surface area contributed by atoms with Gasteiger partial charge in [0.15, 0.2) is 0 Å². The Morgan fingerprint density at radius 1 is 1.12 bits per heavy atom. The molecule has 1 saturated carbocycles. The molecule has 94 valence electrons. The molecule has 1 aliphatic heterocycles. The summed E-state index contributed by atoms with van der Waals surface area (Å²) in [6.45, 7) is 4.15. The number of hydrogen-bond acceptors (Lipinski definition) is 2. The summed E-state index contributed by atoms with van der Waals surface area (Å²) in [7, 11) is 0. The molecule has 2 unspecified atom stereocenters. The molecular weight excluding hydrogens is 198 g/mol. The van der Waals surface area contributed by atoms with E-state index in [0.29, 0.717) is 12.0 Å². The van der Waals surface area contributed by atoms with Crippen molar-refractivity contribution in [2.45, 2.75) is 57.9 Å². The van der Waals surface area contributed by atoms with Gasteiger partial charge in [-0.1, -0.05) is 32.6 Å². The van der Waals surface area contributed by atoms with Crippen LogP contribution in [-0.4, -0.2) is 19.3 Å². The SMILES string of the molecule is CCCC1CCC(C(N)C2CCOC2)CC1. The normalized spacial score (nSPS) is 37.5. The third kappa shape index (κ3) is 2.98. The summed E-state index contributed by atoms with van der Waals surface area (Å²) in [6, 6.07) is 0.407. The van der Waals surface area contributed by atoms with E-state index in [1.54, 1.807) is 0 Å². The second-order valence-electron chi connectivity index (χ2n) is 5.77. The third-order valence-electron chi connectivity index (χ3n) is 4.64. The molecule has 0 amide bonds. The van der Waals surface area contributed by atoms with Crippen LogP contribution in [0.5, 0.6) is 0 Å². The van der Waals surface area contributed by atoms with Gasteiger partial charge in [-0.2, -0.15) is 0 Å². The van der Waals surface area contributed by atoms with E-state index in [4.69, 9.17) is 10.5 Å². The lowest BCUT2D eigenvalue weighted by molar-refractivity contribution is 0.157. The van der Waals surface area contributed by atoms with Crippen LogP contribution in [0.3, 0.4) is 0 Å². The molecule has 2 nitrogen and oxygen atoms in total. The van der Waals surface area contributed by atoms with E-state index in [0.717, 1.165) is 25.0 Å². The van der Waals surface area contributed by atoms with Gasteiger partial charge in [0, 0.05) is 12.6 Å². The van der Waals surface area contributed by atoms with E-state index in [9.17, 15) is 0 Å². The first-order chi connectivity index (χ1) is 7.81. The van der Waals surface area contributed by atoms with Crippen LogP contribution < -0.4 is 5.73 Å². The number of hydrogen-bond donors (Lipinski definition) is 1. The molecule has 16 heavy (non-hydrogen) atoms. The summed E-state index contributed by atoms with van der Waals surface area (Å²) in [4.78, 5) is 0. The van der Waals surface area contributed by atoms with Gasteiger partial charge in [-0.05, 0) is 37.0 Å². The highest BCUT2D eigenvalue weighted by Crippen LogP contribution is 2.35. The maximum atomic E-state index is 6.39. The predicted octanol–water partition coefficient (Wildman–Crippen LogP) is 2.96. The van der Waals surface area contributed by atoms with Crippen LogP contribution in [0.2, 0.25) is 0 Å². The Bertz CT molecular complexity index is 193. The van der Waals surface area contributed by atoms with Gasteiger partial charge in [0.2, 0.25) is 0 Å². The predicted molar refractivity (Wildman–Crippen MR) is 67.3 cm³/mol. The molecule has 0 bridgehead atoms. The highest BCUT2D eigenvalue weighted by Gasteiger charge is 2.31. The van der Waals surface area contributed by atoms with E-state index in [1.165, 1.54) is 44.9 Å². The summed E-state index contributed by atoms with van der Waals surface area (Å²) in [5.74, 6) is 2.42. The average molecular weight is 225 g/mol. The summed E-state index contributed by atoms with van der Waals surface area (Å²) >= 11 is 0. The van der Waals surface area contributed by atoms with Crippen LogP contribution in [-0.2, 0) is 4.74 Å². The fourth-order valence-electron chi connectivity index (χ4n) is 3.51. The lowest BCUT2D eigenvalue weighted by Gasteiger charge is -2.34. The Morgan fingerprint density at radius 2 is 1.88 bits per heavy atom. The van der Waals surface area contributed by atoms with Crippen LogP contribution in [0, 0.1) is 17.8 Å². The average Bonchev–Trinajstić information content (AvgIpc) is 2.83. The van der Waals surface area contributed by atoms with Crippen molar-refractivity contribution >= 4 is 0 Å². The zero-order valence-electron chi connectivity index (χ0n) is 10.7. The molecule has 2 heteroatoms. The second kappa shape index (κ2) is 6.02. The van der Waals surface area contributed by atoms with Crippen LogP contribution in [0.4, 0.5) is 0 Å². The molecule has 2 fully saturated rings. The van der Waals surface area contributed by atoms with Crippen molar-refractivity contribution < 1.29 is 4.74 Å². The number of ether oxygens (including phenoxy) is 1. The molecule has 1 aliphatic carbocycles. The van der Waals surface area contributed by atoms with Gasteiger partial charge in [-0.25, -0.2) is 0 Å². The van der Waals surface area contributed by atoms with Gasteiger partial charge in [0.1, 0.15) is 0 Å². The molecule has 0 aromatic rings. The number of rotatable bonds is 4. The summed E-state index contributed by atoms with van der Waals surface area (Å²) in [5.41, 5.74) is 6.39. The standard InChI is InChI=1S/C14H27NO/c1-2-3-11-4-6-12(7-5-11)14(15)13-8-9-16-10-13/h11-14H,2-10,15H2,1H3. The quantitative estimate of drug-likeness (QED) is 0.798. The minimum Gasteiger partial charge on any atom is -0.381 e. The first-order valence-electron chi connectivity index (χ1n) is 7.14. The van der Waals surface area contributed by atoms with E-state index in [-0.39, 0.29) is 0 Å². The monoisotopic (exact) mass is 225 g/mol. The molecule has 0 radical (unpaired) electrons. The molecule has 2 N–H and O–H groups in total. The lowest BCUT2D eigenvalue weighted by Crippen LogP contribution is -2.39. The highest BCUT2D eigenvalue weighted by molar-refractivity contribution is 4.85. The van der Waals surface area contributed by atoms with E-state index in [2.05, 4.69) is 6.92 Å². The van der Waals surface area contributed by atoms with Crippen molar-refractivity contribution in [1.82, 2.24) is 0 Å². The van der Waals surface area contributed by atoms with Crippen molar-refractivity contribution in [3.63, 3.8) is 0 Å². The van der Waals surface area contributed by atoms with Gasteiger partial charge in [0.25, 0.3) is 0 Å². The fraction of sp³-hybridized carbons (Fsp3) is 1.00. The molecule has 2 aliphatic rings. The van der Waals surface area contributed by atoms with Crippen LogP contribution in [0.15, 0.2) is 0 Å². The molecule has 0 aromatic carbocycles. The Kier molecular flexibility index (Phi) is 4.66. The van der Waals surface area contributed by atoms with Crippen LogP contribution in [0.1, 0.15) is 51.9 Å². The minimum atomic E-state index is 0.407. The number of nitrogens with two attached hydrogens (primary N) is 1. The first-order valence-corrected chi connectivity index (χ1v) is 7.14. The zero-order valence-corrected chi connectivity index (χ0v) is 10.7. The second-order valence-corrected chi connectivity index (χ2v) is 5.77. The molecular formula is C14H27NO. The maximum Gasteiger partial charge on any atom is 0.0510 e. The molecule has 0 aromatic heterocycles. The van der Waals surface area contributed by atoms with E-state index >= 15 is 0 Å².